The molecule has 0 aromatic rings. The van der Waals surface area contributed by atoms with Gasteiger partial charge in [-0.25, -0.2) is 0 Å². The Labute approximate surface area is 131 Å². The molecule has 118 valence electrons. The van der Waals surface area contributed by atoms with Crippen LogP contribution in [0.15, 0.2) is 22.8 Å². The van der Waals surface area contributed by atoms with Crippen LogP contribution in [0.1, 0.15) is 51.4 Å². The topological polar surface area (TPSA) is 35.5 Å². The van der Waals surface area contributed by atoms with Gasteiger partial charge in [-0.05, 0) is 67.6 Å². The van der Waals surface area contributed by atoms with Gasteiger partial charge in [0.05, 0.1) is 13.2 Å². The van der Waals surface area contributed by atoms with E-state index in [1.54, 1.807) is 11.1 Å². The molecule has 4 aliphatic carbocycles. The molecule has 3 fully saturated rings. The van der Waals surface area contributed by atoms with Gasteiger partial charge in [-0.15, -0.1) is 0 Å². The van der Waals surface area contributed by atoms with Crippen molar-refractivity contribution in [3.05, 3.63) is 22.8 Å². The first-order valence-corrected chi connectivity index (χ1v) is 9.00. The highest BCUT2D eigenvalue weighted by molar-refractivity contribution is 5.83. The van der Waals surface area contributed by atoms with Gasteiger partial charge in [-0.2, -0.15) is 0 Å². The lowest BCUT2D eigenvalue weighted by molar-refractivity contribution is -0.123. The summed E-state index contributed by atoms with van der Waals surface area (Å²) < 4.78 is 11.8. The second-order valence-electron chi connectivity index (χ2n) is 7.64. The van der Waals surface area contributed by atoms with Crippen molar-refractivity contribution in [3.8, 4) is 0 Å². The number of hydrogen-bond acceptors (Lipinski definition) is 3. The van der Waals surface area contributed by atoms with Crippen LogP contribution in [0.4, 0.5) is 0 Å². The van der Waals surface area contributed by atoms with Crippen LogP contribution in [0.25, 0.3) is 0 Å². The van der Waals surface area contributed by atoms with Gasteiger partial charge in [0.15, 0.2) is 5.79 Å². The molecule has 5 aliphatic rings. The normalized spacial score (nSPS) is 39.5. The second kappa shape index (κ2) is 4.78. The van der Waals surface area contributed by atoms with Gasteiger partial charge in [0.2, 0.25) is 0 Å². The lowest BCUT2D eigenvalue weighted by Gasteiger charge is -2.43. The van der Waals surface area contributed by atoms with E-state index >= 15 is 0 Å². The van der Waals surface area contributed by atoms with E-state index in [4.69, 9.17) is 9.47 Å². The Hall–Kier alpha value is -0.930. The zero-order valence-electron chi connectivity index (χ0n) is 13.1. The Balaban J connectivity index is 1.50. The van der Waals surface area contributed by atoms with Crippen LogP contribution < -0.4 is 0 Å². The van der Waals surface area contributed by atoms with E-state index in [2.05, 4.69) is 6.08 Å². The molecule has 0 aromatic heterocycles. The second-order valence-corrected chi connectivity index (χ2v) is 7.64. The monoisotopic (exact) mass is 300 g/mol. The molecular formula is C19H24O3. The first-order chi connectivity index (χ1) is 10.8. The molecule has 0 bridgehead atoms. The van der Waals surface area contributed by atoms with Crippen LogP contribution in [0, 0.1) is 17.8 Å². The molecule has 3 unspecified atom stereocenters. The zero-order chi connectivity index (χ0) is 14.7. The molecule has 3 atom stereocenters. The van der Waals surface area contributed by atoms with Crippen molar-refractivity contribution in [2.24, 2.45) is 17.8 Å². The van der Waals surface area contributed by atoms with Gasteiger partial charge in [-0.3, -0.25) is 4.79 Å². The summed E-state index contributed by atoms with van der Waals surface area (Å²) in [5.41, 5.74) is 4.79. The maximum Gasteiger partial charge on any atom is 0.188 e. The molecule has 0 aromatic carbocycles. The molecule has 1 saturated heterocycles. The first-order valence-electron chi connectivity index (χ1n) is 9.00. The molecule has 0 radical (unpaired) electrons. The van der Waals surface area contributed by atoms with Gasteiger partial charge < -0.3 is 9.47 Å². The van der Waals surface area contributed by atoms with Gasteiger partial charge in [0.25, 0.3) is 0 Å². The highest BCUT2D eigenvalue weighted by Crippen LogP contribution is 2.54. The van der Waals surface area contributed by atoms with Gasteiger partial charge in [0.1, 0.15) is 5.78 Å². The molecule has 3 nitrogen and oxygen atoms in total. The molecule has 1 aliphatic heterocycles. The molecule has 5 rings (SSSR count). The molecule has 22 heavy (non-hydrogen) atoms. The number of allylic oxidation sites excluding steroid dienone is 3. The summed E-state index contributed by atoms with van der Waals surface area (Å²) in [6.07, 6.45) is 11.0. The number of ether oxygens (including phenoxy) is 2. The number of carbonyl (C=O) groups is 1. The van der Waals surface area contributed by atoms with E-state index in [1.165, 1.54) is 12.0 Å². The van der Waals surface area contributed by atoms with Crippen LogP contribution in [0.3, 0.4) is 0 Å². The molecule has 0 N–H and O–H groups in total. The van der Waals surface area contributed by atoms with Crippen molar-refractivity contribution < 1.29 is 14.3 Å². The summed E-state index contributed by atoms with van der Waals surface area (Å²) in [6.45, 7) is 1.45. The van der Waals surface area contributed by atoms with Crippen LogP contribution in [-0.4, -0.2) is 24.8 Å². The van der Waals surface area contributed by atoms with Crippen molar-refractivity contribution in [3.63, 3.8) is 0 Å². The van der Waals surface area contributed by atoms with Gasteiger partial charge >= 0.3 is 0 Å². The Bertz CT molecular complexity index is 579. The van der Waals surface area contributed by atoms with Gasteiger partial charge in [0, 0.05) is 18.8 Å². The summed E-state index contributed by atoms with van der Waals surface area (Å²) >= 11 is 0. The SMILES string of the molecule is O=C1CCC2C1CCC1=C3CCC4(C=C3CCC12)OCCO4. The van der Waals surface area contributed by atoms with Crippen LogP contribution in [0.2, 0.25) is 0 Å². The van der Waals surface area contributed by atoms with E-state index in [0.717, 1.165) is 58.2 Å². The summed E-state index contributed by atoms with van der Waals surface area (Å²) in [5, 5.41) is 0. The highest BCUT2D eigenvalue weighted by Gasteiger charge is 2.47. The predicted molar refractivity (Wildman–Crippen MR) is 82.2 cm³/mol. The smallest absolute Gasteiger partial charge is 0.188 e. The Morgan fingerprint density at radius 3 is 2.64 bits per heavy atom. The third-order valence-electron chi connectivity index (χ3n) is 6.74. The fraction of sp³-hybridized carbons (Fsp3) is 0.737. The average molecular weight is 300 g/mol. The number of hydrogen-bond donors (Lipinski definition) is 0. The largest absolute Gasteiger partial charge is 0.344 e. The van der Waals surface area contributed by atoms with Crippen molar-refractivity contribution in [1.82, 2.24) is 0 Å². The Morgan fingerprint density at radius 2 is 1.77 bits per heavy atom. The van der Waals surface area contributed by atoms with Crippen LogP contribution in [-0.2, 0) is 14.3 Å². The minimum Gasteiger partial charge on any atom is -0.344 e. The summed E-state index contributed by atoms with van der Waals surface area (Å²) in [7, 11) is 0. The summed E-state index contributed by atoms with van der Waals surface area (Å²) in [5.74, 6) is 1.87. The number of ketones is 1. The average Bonchev–Trinajstić information content (AvgIpc) is 3.14. The number of carbonyl (C=O) groups excluding carboxylic acids is 1. The van der Waals surface area contributed by atoms with Crippen molar-refractivity contribution in [2.75, 3.05) is 13.2 Å². The number of Topliss-reactive ketones (excluding diaryl/α,β-unsaturated/α-hetero) is 1. The summed E-state index contributed by atoms with van der Waals surface area (Å²) in [6, 6.07) is 0. The zero-order valence-corrected chi connectivity index (χ0v) is 13.1. The first kappa shape index (κ1) is 13.5. The van der Waals surface area contributed by atoms with E-state index in [1.807, 2.05) is 0 Å². The molecule has 1 heterocycles. The van der Waals surface area contributed by atoms with Crippen LogP contribution >= 0.6 is 0 Å². The van der Waals surface area contributed by atoms with Crippen molar-refractivity contribution >= 4 is 5.78 Å². The van der Waals surface area contributed by atoms with E-state index in [-0.39, 0.29) is 0 Å². The minimum absolute atomic E-state index is 0.385. The molecule has 2 saturated carbocycles. The lowest BCUT2D eigenvalue weighted by atomic mass is 9.63. The highest BCUT2D eigenvalue weighted by atomic mass is 16.7. The Kier molecular flexibility index (Phi) is 2.93. The minimum atomic E-state index is -0.410. The third kappa shape index (κ3) is 1.85. The molecule has 1 spiro atoms. The maximum absolute atomic E-state index is 12.1. The van der Waals surface area contributed by atoms with Crippen LogP contribution in [0.5, 0.6) is 0 Å². The number of rotatable bonds is 0. The van der Waals surface area contributed by atoms with Crippen molar-refractivity contribution in [2.45, 2.75) is 57.2 Å². The quantitative estimate of drug-likeness (QED) is 0.686. The fourth-order valence-electron chi connectivity index (χ4n) is 5.79. The van der Waals surface area contributed by atoms with Crippen molar-refractivity contribution in [1.29, 1.82) is 0 Å². The molecular weight excluding hydrogens is 276 g/mol. The van der Waals surface area contributed by atoms with E-state index in [0.29, 0.717) is 23.5 Å². The molecule has 0 amide bonds. The Morgan fingerprint density at radius 1 is 0.955 bits per heavy atom. The standard InChI is InChI=1S/C19H24O3/c20-18-6-5-16-15-2-1-12-11-19(21-9-10-22-19)8-7-13(12)14(15)3-4-17(16)18/h11,15-17H,1-10H2. The maximum atomic E-state index is 12.1. The third-order valence-corrected chi connectivity index (χ3v) is 6.74. The predicted octanol–water partition coefficient (Wildman–Crippen LogP) is 3.55. The van der Waals surface area contributed by atoms with Gasteiger partial charge in [-0.1, -0.05) is 5.57 Å². The fourth-order valence-corrected chi connectivity index (χ4v) is 5.79. The van der Waals surface area contributed by atoms with E-state index in [9.17, 15) is 4.79 Å². The molecule has 3 heteroatoms. The number of fused-ring (bicyclic) bond motifs is 4. The summed E-state index contributed by atoms with van der Waals surface area (Å²) in [4.78, 5) is 12.1. The van der Waals surface area contributed by atoms with E-state index < -0.39 is 5.79 Å². The lowest BCUT2D eigenvalue weighted by Crippen LogP contribution is -2.36.